The fourth-order valence-corrected chi connectivity index (χ4v) is 3.20. The molecule has 0 radical (unpaired) electrons. The van der Waals surface area contributed by atoms with E-state index >= 15 is 0 Å². The highest BCUT2D eigenvalue weighted by Gasteiger charge is 2.51. The number of phenolic OH excluding ortho intramolecular Hbond substituents is 1. The number of phenols is 1. The Hall–Kier alpha value is -2.70. The monoisotopic (exact) mass is 302 g/mol. The first-order chi connectivity index (χ1) is 10.4. The maximum Gasteiger partial charge on any atom is 0.273 e. The molecule has 0 unspecified atom stereocenters. The van der Waals surface area contributed by atoms with Crippen molar-refractivity contribution < 1.29 is 19.6 Å². The number of amides is 2. The predicted octanol–water partition coefficient (Wildman–Crippen LogP) is 2.00. The van der Waals surface area contributed by atoms with Crippen LogP contribution in [0.1, 0.15) is 13.3 Å². The Labute approximate surface area is 126 Å². The molecule has 1 aromatic carbocycles. The summed E-state index contributed by atoms with van der Waals surface area (Å²) in [5.74, 6) is -2.10. The first-order valence-corrected chi connectivity index (χ1v) is 6.93. The highest BCUT2D eigenvalue weighted by Crippen LogP contribution is 2.43. The van der Waals surface area contributed by atoms with Gasteiger partial charge in [0.2, 0.25) is 11.8 Å². The molecule has 3 rings (SSSR count). The van der Waals surface area contributed by atoms with Crippen molar-refractivity contribution in [1.29, 1.82) is 0 Å². The third kappa shape index (κ3) is 1.97. The second-order valence-electron chi connectivity index (χ2n) is 5.60. The fraction of sp³-hybridized carbons (Fsp3) is 0.333. The van der Waals surface area contributed by atoms with Gasteiger partial charge in [-0.2, -0.15) is 0 Å². The molecule has 0 saturated carbocycles. The third-order valence-corrected chi connectivity index (χ3v) is 4.28. The van der Waals surface area contributed by atoms with Gasteiger partial charge in [0, 0.05) is 6.07 Å². The van der Waals surface area contributed by atoms with Crippen molar-refractivity contribution >= 4 is 23.2 Å². The number of carbonyl (C=O) groups is 2. The van der Waals surface area contributed by atoms with Crippen LogP contribution < -0.4 is 4.90 Å². The van der Waals surface area contributed by atoms with E-state index in [0.717, 1.165) is 11.0 Å². The van der Waals surface area contributed by atoms with E-state index in [-0.39, 0.29) is 29.1 Å². The third-order valence-electron chi connectivity index (χ3n) is 4.28. The van der Waals surface area contributed by atoms with E-state index in [2.05, 4.69) is 0 Å². The van der Waals surface area contributed by atoms with Gasteiger partial charge in [-0.05, 0) is 18.4 Å². The molecular weight excluding hydrogens is 288 g/mol. The molecule has 1 saturated heterocycles. The second kappa shape index (κ2) is 4.94. The number of aromatic hydroxyl groups is 1. The summed E-state index contributed by atoms with van der Waals surface area (Å²) in [4.78, 5) is 36.1. The molecule has 22 heavy (non-hydrogen) atoms. The number of carbonyl (C=O) groups excluding carboxylic acids is 2. The summed E-state index contributed by atoms with van der Waals surface area (Å²) >= 11 is 0. The lowest BCUT2D eigenvalue weighted by molar-refractivity contribution is -0.384. The number of nitrogens with zero attached hydrogens (tertiary/aromatic N) is 2. The van der Waals surface area contributed by atoms with Gasteiger partial charge >= 0.3 is 0 Å². The Balaban J connectivity index is 2.01. The van der Waals surface area contributed by atoms with Gasteiger partial charge < -0.3 is 5.11 Å². The molecule has 7 heteroatoms. The molecule has 0 spiro atoms. The summed E-state index contributed by atoms with van der Waals surface area (Å²) in [6, 6.07) is 3.34. The number of hydrogen-bond acceptors (Lipinski definition) is 5. The molecule has 7 nitrogen and oxygen atoms in total. The summed E-state index contributed by atoms with van der Waals surface area (Å²) in [6.07, 6.45) is 4.28. The number of anilines is 1. The molecule has 1 N–H and O–H groups in total. The molecule has 0 bridgehead atoms. The van der Waals surface area contributed by atoms with Gasteiger partial charge in [-0.25, -0.2) is 4.90 Å². The van der Waals surface area contributed by atoms with Gasteiger partial charge in [-0.3, -0.25) is 19.7 Å². The van der Waals surface area contributed by atoms with Crippen LogP contribution in [-0.4, -0.2) is 21.8 Å². The van der Waals surface area contributed by atoms with Gasteiger partial charge in [0.15, 0.2) is 0 Å². The lowest BCUT2D eigenvalue weighted by Crippen LogP contribution is -2.31. The van der Waals surface area contributed by atoms with Gasteiger partial charge in [-0.15, -0.1) is 0 Å². The van der Waals surface area contributed by atoms with Crippen molar-refractivity contribution in [2.24, 2.45) is 17.8 Å². The van der Waals surface area contributed by atoms with E-state index < -0.39 is 22.5 Å². The van der Waals surface area contributed by atoms with Gasteiger partial charge in [-0.1, -0.05) is 19.1 Å². The van der Waals surface area contributed by atoms with Crippen LogP contribution in [-0.2, 0) is 9.59 Å². The Bertz CT molecular complexity index is 712. The summed E-state index contributed by atoms with van der Waals surface area (Å²) < 4.78 is 0. The Kier molecular flexibility index (Phi) is 3.20. The number of fused-ring (bicyclic) bond motifs is 1. The number of hydrogen-bond donors (Lipinski definition) is 1. The normalized spacial score (nSPS) is 27.1. The fourth-order valence-electron chi connectivity index (χ4n) is 3.20. The zero-order valence-corrected chi connectivity index (χ0v) is 11.8. The summed E-state index contributed by atoms with van der Waals surface area (Å²) in [6.45, 7) is 1.87. The minimum Gasteiger partial charge on any atom is -0.505 e. The van der Waals surface area contributed by atoms with E-state index in [9.17, 15) is 24.8 Å². The molecular formula is C15H14N2O5. The van der Waals surface area contributed by atoms with Crippen molar-refractivity contribution in [3.8, 4) is 5.75 Å². The Morgan fingerprint density at radius 2 is 2.05 bits per heavy atom. The van der Waals surface area contributed by atoms with Crippen LogP contribution in [0.2, 0.25) is 0 Å². The van der Waals surface area contributed by atoms with Crippen molar-refractivity contribution in [2.45, 2.75) is 13.3 Å². The maximum absolute atomic E-state index is 12.6. The van der Waals surface area contributed by atoms with Crippen molar-refractivity contribution in [3.63, 3.8) is 0 Å². The average Bonchev–Trinajstić information content (AvgIpc) is 2.72. The molecule has 1 heterocycles. The second-order valence-corrected chi connectivity index (χ2v) is 5.60. The number of benzene rings is 1. The van der Waals surface area contributed by atoms with E-state index in [1.165, 1.54) is 12.1 Å². The predicted molar refractivity (Wildman–Crippen MR) is 77.2 cm³/mol. The van der Waals surface area contributed by atoms with E-state index in [1.807, 2.05) is 19.1 Å². The zero-order valence-electron chi connectivity index (χ0n) is 11.8. The number of non-ortho nitro benzene ring substituents is 1. The van der Waals surface area contributed by atoms with Crippen LogP contribution in [0.25, 0.3) is 0 Å². The molecule has 0 aromatic heterocycles. The number of nitro benzene ring substituents is 1. The van der Waals surface area contributed by atoms with Crippen LogP contribution in [0.3, 0.4) is 0 Å². The summed E-state index contributed by atoms with van der Waals surface area (Å²) in [7, 11) is 0. The standard InChI is InChI=1S/C15H14N2O5/c1-8-3-2-4-10-13(8)15(20)16(14(10)19)11-6-5-9(17(21)22)7-12(11)18/h2-3,5-8,10,13,18H,4H2,1H3/t8-,10+,13+/m0/s1. The van der Waals surface area contributed by atoms with Crippen LogP contribution in [0, 0.1) is 27.9 Å². The van der Waals surface area contributed by atoms with E-state index in [0.29, 0.717) is 6.42 Å². The maximum atomic E-state index is 12.6. The van der Waals surface area contributed by atoms with Crippen molar-refractivity contribution in [2.75, 3.05) is 4.90 Å². The smallest absolute Gasteiger partial charge is 0.273 e. The molecule has 1 aromatic rings. The molecule has 114 valence electrons. The molecule has 1 fully saturated rings. The van der Waals surface area contributed by atoms with Crippen LogP contribution >= 0.6 is 0 Å². The molecule has 1 aliphatic heterocycles. The largest absolute Gasteiger partial charge is 0.505 e. The molecule has 1 aliphatic carbocycles. The van der Waals surface area contributed by atoms with Gasteiger partial charge in [0.05, 0.1) is 28.5 Å². The highest BCUT2D eigenvalue weighted by molar-refractivity contribution is 6.23. The minimum absolute atomic E-state index is 0.00204. The van der Waals surface area contributed by atoms with Crippen LogP contribution in [0.15, 0.2) is 30.4 Å². The van der Waals surface area contributed by atoms with Gasteiger partial charge in [0.25, 0.3) is 5.69 Å². The Morgan fingerprint density at radius 3 is 2.64 bits per heavy atom. The van der Waals surface area contributed by atoms with Crippen LogP contribution in [0.4, 0.5) is 11.4 Å². The van der Waals surface area contributed by atoms with Crippen molar-refractivity contribution in [1.82, 2.24) is 0 Å². The number of imide groups is 1. The first kappa shape index (κ1) is 14.2. The SMILES string of the molecule is C[C@H]1C=CC[C@H]2C(=O)N(c3ccc([N+](=O)[O-])cc3O)C(=O)[C@H]12. The quantitative estimate of drug-likeness (QED) is 0.390. The molecule has 2 aliphatic rings. The highest BCUT2D eigenvalue weighted by atomic mass is 16.6. The zero-order chi connectivity index (χ0) is 16.0. The number of nitro groups is 1. The summed E-state index contributed by atoms with van der Waals surface area (Å²) in [5.41, 5.74) is -0.296. The topological polar surface area (TPSA) is 101 Å². The van der Waals surface area contributed by atoms with Crippen LogP contribution in [0.5, 0.6) is 5.75 Å². The lowest BCUT2D eigenvalue weighted by Gasteiger charge is -2.22. The lowest BCUT2D eigenvalue weighted by atomic mass is 9.78. The first-order valence-electron chi connectivity index (χ1n) is 6.93. The number of allylic oxidation sites excluding steroid dienone is 2. The van der Waals surface area contributed by atoms with Crippen molar-refractivity contribution in [3.05, 3.63) is 40.5 Å². The van der Waals surface area contributed by atoms with E-state index in [1.54, 1.807) is 0 Å². The van der Waals surface area contributed by atoms with Gasteiger partial charge in [0.1, 0.15) is 5.75 Å². The summed E-state index contributed by atoms with van der Waals surface area (Å²) in [5, 5.41) is 20.7. The van der Waals surface area contributed by atoms with E-state index in [4.69, 9.17) is 0 Å². The number of rotatable bonds is 2. The Morgan fingerprint density at radius 1 is 1.32 bits per heavy atom. The molecule has 2 amide bonds. The molecule has 3 atom stereocenters. The average molecular weight is 302 g/mol. The minimum atomic E-state index is -0.650.